The number of benzene rings is 1. The van der Waals surface area contributed by atoms with E-state index in [0.29, 0.717) is 33.8 Å². The highest BCUT2D eigenvalue weighted by Gasteiger charge is 2.20. The Hall–Kier alpha value is -3.65. The second kappa shape index (κ2) is 9.23. The first kappa shape index (κ1) is 21.6. The average molecular weight is 434 g/mol. The van der Waals surface area contributed by atoms with E-state index >= 15 is 0 Å². The highest BCUT2D eigenvalue weighted by atomic mass is 16.5. The molecule has 0 aliphatic carbocycles. The number of aliphatic hydroxyl groups excluding tert-OH is 1. The number of hydrogen-bond donors (Lipinski definition) is 2. The molecule has 4 rings (SSSR count). The first-order valence-electron chi connectivity index (χ1n) is 10.5. The molecular weight excluding hydrogens is 408 g/mol. The summed E-state index contributed by atoms with van der Waals surface area (Å²) in [4.78, 5) is 17.7. The minimum Gasteiger partial charge on any atom is -0.491 e. The molecule has 2 N–H and O–H groups in total. The molecule has 8 nitrogen and oxygen atoms in total. The summed E-state index contributed by atoms with van der Waals surface area (Å²) in [6.45, 7) is 6.08. The van der Waals surface area contributed by atoms with Gasteiger partial charge in [0.05, 0.1) is 23.4 Å². The lowest BCUT2D eigenvalue weighted by Gasteiger charge is -2.14. The Balaban J connectivity index is 1.51. The number of furan rings is 1. The summed E-state index contributed by atoms with van der Waals surface area (Å²) in [6, 6.07) is 12.9. The number of aryl methyl sites for hydroxylation is 1. The van der Waals surface area contributed by atoms with E-state index in [4.69, 9.17) is 9.15 Å². The summed E-state index contributed by atoms with van der Waals surface area (Å²) >= 11 is 0. The van der Waals surface area contributed by atoms with E-state index in [1.807, 2.05) is 45.0 Å². The third-order valence-electron chi connectivity index (χ3n) is 5.00. The highest BCUT2D eigenvalue weighted by molar-refractivity contribution is 6.06. The lowest BCUT2D eigenvalue weighted by Crippen LogP contribution is -2.35. The third kappa shape index (κ3) is 4.65. The van der Waals surface area contributed by atoms with E-state index < -0.39 is 6.10 Å². The van der Waals surface area contributed by atoms with E-state index in [0.717, 1.165) is 5.56 Å². The number of amides is 1. The Kier molecular flexibility index (Phi) is 6.23. The van der Waals surface area contributed by atoms with Crippen LogP contribution in [0.3, 0.4) is 0 Å². The molecule has 0 saturated carbocycles. The number of aliphatic hydroxyl groups is 1. The van der Waals surface area contributed by atoms with Crippen molar-refractivity contribution in [3.63, 3.8) is 0 Å². The monoisotopic (exact) mass is 434 g/mol. The summed E-state index contributed by atoms with van der Waals surface area (Å²) in [5.74, 6) is 0.905. The Morgan fingerprint density at radius 3 is 2.81 bits per heavy atom. The van der Waals surface area contributed by atoms with Crippen molar-refractivity contribution in [3.05, 3.63) is 66.1 Å². The number of rotatable bonds is 8. The van der Waals surface area contributed by atoms with E-state index in [2.05, 4.69) is 15.4 Å². The SMILES string of the molecule is Cc1cccc(OCC(O)CNC(=O)c2cc(-c3ccco3)nc3c2cnn3C(C)C)c1. The van der Waals surface area contributed by atoms with Crippen LogP contribution in [0.15, 0.2) is 59.3 Å². The topological polar surface area (TPSA) is 102 Å². The lowest BCUT2D eigenvalue weighted by atomic mass is 10.1. The van der Waals surface area contributed by atoms with Gasteiger partial charge in [0.15, 0.2) is 11.4 Å². The minimum atomic E-state index is -0.861. The maximum absolute atomic E-state index is 13.0. The molecule has 1 unspecified atom stereocenters. The van der Waals surface area contributed by atoms with Gasteiger partial charge in [-0.15, -0.1) is 0 Å². The molecule has 0 aliphatic heterocycles. The molecule has 1 aromatic carbocycles. The lowest BCUT2D eigenvalue weighted by molar-refractivity contribution is 0.0845. The van der Waals surface area contributed by atoms with Crippen molar-refractivity contribution in [2.45, 2.75) is 32.9 Å². The van der Waals surface area contributed by atoms with Gasteiger partial charge in [0, 0.05) is 12.6 Å². The van der Waals surface area contributed by atoms with Crippen LogP contribution in [0.1, 0.15) is 35.8 Å². The number of aromatic nitrogens is 3. The molecule has 3 heterocycles. The molecule has 1 atom stereocenters. The normalized spacial score (nSPS) is 12.3. The van der Waals surface area contributed by atoms with Gasteiger partial charge in [-0.25, -0.2) is 9.67 Å². The molecule has 0 spiro atoms. The molecule has 0 aliphatic rings. The van der Waals surface area contributed by atoms with Gasteiger partial charge in [-0.1, -0.05) is 12.1 Å². The predicted octanol–water partition coefficient (Wildman–Crippen LogP) is 3.75. The van der Waals surface area contributed by atoms with Crippen LogP contribution in [0.4, 0.5) is 0 Å². The highest BCUT2D eigenvalue weighted by Crippen LogP contribution is 2.26. The Bertz CT molecular complexity index is 1210. The number of nitrogens with one attached hydrogen (secondary N) is 1. The number of pyridine rings is 1. The molecule has 0 fully saturated rings. The van der Waals surface area contributed by atoms with Crippen molar-refractivity contribution in [3.8, 4) is 17.2 Å². The Morgan fingerprint density at radius 1 is 1.25 bits per heavy atom. The van der Waals surface area contributed by atoms with Gasteiger partial charge in [-0.2, -0.15) is 5.10 Å². The van der Waals surface area contributed by atoms with E-state index in [1.165, 1.54) is 0 Å². The van der Waals surface area contributed by atoms with Crippen LogP contribution in [-0.4, -0.2) is 45.0 Å². The van der Waals surface area contributed by atoms with Crippen LogP contribution >= 0.6 is 0 Å². The zero-order valence-electron chi connectivity index (χ0n) is 18.3. The van der Waals surface area contributed by atoms with Crippen molar-refractivity contribution in [2.75, 3.05) is 13.2 Å². The molecule has 8 heteroatoms. The quantitative estimate of drug-likeness (QED) is 0.438. The van der Waals surface area contributed by atoms with Crippen LogP contribution in [-0.2, 0) is 0 Å². The van der Waals surface area contributed by atoms with E-state index in [9.17, 15) is 9.90 Å². The molecule has 0 radical (unpaired) electrons. The van der Waals surface area contributed by atoms with Crippen LogP contribution in [0.25, 0.3) is 22.5 Å². The van der Waals surface area contributed by atoms with Gasteiger partial charge in [-0.05, 0) is 56.7 Å². The number of carbonyl (C=O) groups is 1. The second-order valence-electron chi connectivity index (χ2n) is 7.94. The first-order valence-corrected chi connectivity index (χ1v) is 10.5. The summed E-state index contributed by atoms with van der Waals surface area (Å²) in [5.41, 5.74) is 2.63. The Morgan fingerprint density at radius 2 is 2.09 bits per heavy atom. The smallest absolute Gasteiger partial charge is 0.252 e. The maximum atomic E-state index is 13.0. The number of ether oxygens (including phenoxy) is 1. The molecule has 166 valence electrons. The van der Waals surface area contributed by atoms with Crippen LogP contribution in [0.2, 0.25) is 0 Å². The van der Waals surface area contributed by atoms with Crippen LogP contribution in [0.5, 0.6) is 5.75 Å². The van der Waals surface area contributed by atoms with Crippen molar-refractivity contribution >= 4 is 16.9 Å². The van der Waals surface area contributed by atoms with Gasteiger partial charge >= 0.3 is 0 Å². The van der Waals surface area contributed by atoms with Crippen LogP contribution in [0, 0.1) is 6.92 Å². The van der Waals surface area contributed by atoms with Gasteiger partial charge in [0.25, 0.3) is 5.91 Å². The molecule has 0 bridgehead atoms. The summed E-state index contributed by atoms with van der Waals surface area (Å²) in [6.07, 6.45) is 2.34. The van der Waals surface area contributed by atoms with E-state index in [-0.39, 0.29) is 25.1 Å². The minimum absolute atomic E-state index is 0.0445. The van der Waals surface area contributed by atoms with Crippen molar-refractivity contribution < 1.29 is 19.1 Å². The van der Waals surface area contributed by atoms with Crippen molar-refractivity contribution in [1.82, 2.24) is 20.1 Å². The van der Waals surface area contributed by atoms with Crippen LogP contribution < -0.4 is 10.1 Å². The summed E-state index contributed by atoms with van der Waals surface area (Å²) in [7, 11) is 0. The summed E-state index contributed by atoms with van der Waals surface area (Å²) in [5, 5.41) is 18.1. The number of hydrogen-bond acceptors (Lipinski definition) is 6. The molecule has 1 amide bonds. The standard InChI is InChI=1S/C24H26N4O4/c1-15(2)28-23-20(13-26-28)19(11-21(27-23)22-8-5-9-31-22)24(30)25-12-17(29)14-32-18-7-4-6-16(3)10-18/h4-11,13,15,17,29H,12,14H2,1-3H3,(H,25,30). The van der Waals surface area contributed by atoms with Gasteiger partial charge in [0.1, 0.15) is 24.2 Å². The van der Waals surface area contributed by atoms with Crippen molar-refractivity contribution in [1.29, 1.82) is 0 Å². The second-order valence-corrected chi connectivity index (χ2v) is 7.94. The number of fused-ring (bicyclic) bond motifs is 1. The fourth-order valence-electron chi connectivity index (χ4n) is 3.40. The molecule has 4 aromatic rings. The number of carbonyl (C=O) groups excluding carboxylic acids is 1. The molecular formula is C24H26N4O4. The maximum Gasteiger partial charge on any atom is 0.252 e. The van der Waals surface area contributed by atoms with Gasteiger partial charge in [-0.3, -0.25) is 4.79 Å². The molecule has 32 heavy (non-hydrogen) atoms. The third-order valence-corrected chi connectivity index (χ3v) is 5.00. The fourth-order valence-corrected chi connectivity index (χ4v) is 3.40. The van der Waals surface area contributed by atoms with Gasteiger partial charge in [0.2, 0.25) is 0 Å². The first-order chi connectivity index (χ1) is 15.4. The molecule has 3 aromatic heterocycles. The fraction of sp³-hybridized carbons (Fsp3) is 0.292. The molecule has 0 saturated heterocycles. The summed E-state index contributed by atoms with van der Waals surface area (Å²) < 4.78 is 12.9. The van der Waals surface area contributed by atoms with Gasteiger partial charge < -0.3 is 19.6 Å². The Labute approximate surface area is 185 Å². The van der Waals surface area contributed by atoms with Crippen molar-refractivity contribution in [2.24, 2.45) is 0 Å². The predicted molar refractivity (Wildman–Crippen MR) is 121 cm³/mol. The zero-order valence-corrected chi connectivity index (χ0v) is 18.3. The van der Waals surface area contributed by atoms with E-state index in [1.54, 1.807) is 35.3 Å². The largest absolute Gasteiger partial charge is 0.491 e. The number of nitrogens with zero attached hydrogens (tertiary/aromatic N) is 3. The average Bonchev–Trinajstić information content (AvgIpc) is 3.45. The zero-order chi connectivity index (χ0) is 22.7.